The number of aromatic nitrogens is 1. The van der Waals surface area contributed by atoms with Crippen LogP contribution in [0.2, 0.25) is 0 Å². The second kappa shape index (κ2) is 4.55. The molecule has 1 fully saturated rings. The van der Waals surface area contributed by atoms with Crippen molar-refractivity contribution < 1.29 is 4.52 Å². The minimum Gasteiger partial charge on any atom is -0.361 e. The summed E-state index contributed by atoms with van der Waals surface area (Å²) in [6.07, 6.45) is 4.57. The third-order valence-corrected chi connectivity index (χ3v) is 3.66. The molecule has 1 aliphatic carbocycles. The molecule has 1 aromatic heterocycles. The molecule has 0 aromatic carbocycles. The SMILES string of the molecule is C1Cc2onc(CCN3CCNCC3)c2C1. The van der Waals surface area contributed by atoms with Crippen molar-refractivity contribution in [3.8, 4) is 0 Å². The lowest BCUT2D eigenvalue weighted by molar-refractivity contribution is 0.241. The Bertz CT molecular complexity index is 355. The summed E-state index contributed by atoms with van der Waals surface area (Å²) >= 11 is 0. The van der Waals surface area contributed by atoms with Gasteiger partial charge in [-0.05, 0) is 12.8 Å². The Morgan fingerprint density at radius 2 is 2.12 bits per heavy atom. The highest BCUT2D eigenvalue weighted by Crippen LogP contribution is 2.25. The molecule has 0 amide bonds. The monoisotopic (exact) mass is 221 g/mol. The first-order chi connectivity index (χ1) is 7.93. The highest BCUT2D eigenvalue weighted by Gasteiger charge is 2.21. The molecule has 0 saturated carbocycles. The molecule has 1 aliphatic heterocycles. The van der Waals surface area contributed by atoms with E-state index in [-0.39, 0.29) is 0 Å². The van der Waals surface area contributed by atoms with Crippen LogP contribution >= 0.6 is 0 Å². The highest BCUT2D eigenvalue weighted by molar-refractivity contribution is 5.27. The van der Waals surface area contributed by atoms with Gasteiger partial charge in [-0.25, -0.2) is 0 Å². The predicted molar refractivity (Wildman–Crippen MR) is 61.5 cm³/mol. The van der Waals surface area contributed by atoms with Gasteiger partial charge in [-0.15, -0.1) is 0 Å². The lowest BCUT2D eigenvalue weighted by Gasteiger charge is -2.26. The quantitative estimate of drug-likeness (QED) is 0.812. The van der Waals surface area contributed by atoms with Crippen molar-refractivity contribution in [1.82, 2.24) is 15.4 Å². The van der Waals surface area contributed by atoms with E-state index in [1.165, 1.54) is 37.2 Å². The van der Waals surface area contributed by atoms with Crippen molar-refractivity contribution in [2.24, 2.45) is 0 Å². The predicted octanol–water partition coefficient (Wildman–Crippen LogP) is 0.611. The molecule has 0 spiro atoms. The molecule has 0 unspecified atom stereocenters. The average molecular weight is 221 g/mol. The number of aryl methyl sites for hydroxylation is 1. The van der Waals surface area contributed by atoms with Crippen molar-refractivity contribution in [1.29, 1.82) is 0 Å². The summed E-state index contributed by atoms with van der Waals surface area (Å²) in [5.41, 5.74) is 2.63. The summed E-state index contributed by atoms with van der Waals surface area (Å²) in [5, 5.41) is 7.58. The van der Waals surface area contributed by atoms with E-state index in [9.17, 15) is 0 Å². The molecule has 0 atom stereocenters. The number of rotatable bonds is 3. The van der Waals surface area contributed by atoms with Crippen LogP contribution in [0.3, 0.4) is 0 Å². The molecule has 88 valence electrons. The Labute approximate surface area is 96.0 Å². The third kappa shape index (κ3) is 1.99. The fourth-order valence-electron chi connectivity index (χ4n) is 2.68. The van der Waals surface area contributed by atoms with Gasteiger partial charge in [-0.2, -0.15) is 0 Å². The standard InChI is InChI=1S/C12H19N3O/c1-2-10-11(14-16-12(10)3-1)4-7-15-8-5-13-6-9-15/h13H,1-9H2. The number of fused-ring (bicyclic) bond motifs is 1. The summed E-state index contributed by atoms with van der Waals surface area (Å²) in [6, 6.07) is 0. The maximum Gasteiger partial charge on any atom is 0.140 e. The van der Waals surface area contributed by atoms with Crippen LogP contribution in [0.4, 0.5) is 0 Å². The van der Waals surface area contributed by atoms with E-state index >= 15 is 0 Å². The van der Waals surface area contributed by atoms with Gasteiger partial charge < -0.3 is 14.7 Å². The van der Waals surface area contributed by atoms with E-state index in [4.69, 9.17) is 4.52 Å². The van der Waals surface area contributed by atoms with Crippen molar-refractivity contribution >= 4 is 0 Å². The normalized spacial score (nSPS) is 21.2. The lowest BCUT2D eigenvalue weighted by atomic mass is 10.1. The summed E-state index contributed by atoms with van der Waals surface area (Å²) in [7, 11) is 0. The second-order valence-corrected chi connectivity index (χ2v) is 4.73. The number of piperazine rings is 1. The van der Waals surface area contributed by atoms with Crippen LogP contribution < -0.4 is 5.32 Å². The van der Waals surface area contributed by atoms with Crippen LogP contribution in [-0.2, 0) is 19.3 Å². The van der Waals surface area contributed by atoms with E-state index in [1.807, 2.05) is 0 Å². The maximum atomic E-state index is 5.37. The van der Waals surface area contributed by atoms with Gasteiger partial charge in [-0.1, -0.05) is 5.16 Å². The highest BCUT2D eigenvalue weighted by atomic mass is 16.5. The van der Waals surface area contributed by atoms with E-state index in [1.54, 1.807) is 0 Å². The summed E-state index contributed by atoms with van der Waals surface area (Å²) in [4.78, 5) is 2.51. The fraction of sp³-hybridized carbons (Fsp3) is 0.750. The van der Waals surface area contributed by atoms with Gasteiger partial charge in [0, 0.05) is 51.1 Å². The van der Waals surface area contributed by atoms with Crippen LogP contribution in [0.1, 0.15) is 23.4 Å². The van der Waals surface area contributed by atoms with E-state index in [0.29, 0.717) is 0 Å². The first-order valence-corrected chi connectivity index (χ1v) is 6.33. The number of hydrogen-bond donors (Lipinski definition) is 1. The molecule has 16 heavy (non-hydrogen) atoms. The Morgan fingerprint density at radius 3 is 3.00 bits per heavy atom. The van der Waals surface area contributed by atoms with Gasteiger partial charge >= 0.3 is 0 Å². The van der Waals surface area contributed by atoms with Gasteiger partial charge in [0.2, 0.25) is 0 Å². The Kier molecular flexibility index (Phi) is 2.93. The Morgan fingerprint density at radius 1 is 1.25 bits per heavy atom. The molecule has 3 rings (SSSR count). The molecule has 4 nitrogen and oxygen atoms in total. The third-order valence-electron chi connectivity index (χ3n) is 3.66. The van der Waals surface area contributed by atoms with E-state index in [2.05, 4.69) is 15.4 Å². The molecule has 1 saturated heterocycles. The largest absolute Gasteiger partial charge is 0.361 e. The van der Waals surface area contributed by atoms with E-state index < -0.39 is 0 Å². The minimum absolute atomic E-state index is 1.05. The van der Waals surface area contributed by atoms with Crippen molar-refractivity contribution in [3.63, 3.8) is 0 Å². The molecule has 0 radical (unpaired) electrons. The van der Waals surface area contributed by atoms with Gasteiger partial charge in [0.1, 0.15) is 5.76 Å². The summed E-state index contributed by atoms with van der Waals surface area (Å²) in [5.74, 6) is 1.15. The first kappa shape index (κ1) is 10.3. The van der Waals surface area contributed by atoms with Crippen LogP contribution in [0.25, 0.3) is 0 Å². The van der Waals surface area contributed by atoms with Crippen LogP contribution in [-0.4, -0.2) is 42.8 Å². The van der Waals surface area contributed by atoms with Gasteiger partial charge in [0.05, 0.1) is 5.69 Å². The zero-order chi connectivity index (χ0) is 10.8. The van der Waals surface area contributed by atoms with E-state index in [0.717, 1.165) is 38.2 Å². The van der Waals surface area contributed by atoms with Crippen LogP contribution in [0.5, 0.6) is 0 Å². The van der Waals surface area contributed by atoms with Crippen molar-refractivity contribution in [2.45, 2.75) is 25.7 Å². The van der Waals surface area contributed by atoms with Gasteiger partial charge in [0.25, 0.3) is 0 Å². The zero-order valence-electron chi connectivity index (χ0n) is 9.67. The zero-order valence-corrected chi connectivity index (χ0v) is 9.67. The lowest BCUT2D eigenvalue weighted by Crippen LogP contribution is -2.44. The van der Waals surface area contributed by atoms with Crippen LogP contribution in [0.15, 0.2) is 4.52 Å². The second-order valence-electron chi connectivity index (χ2n) is 4.73. The first-order valence-electron chi connectivity index (χ1n) is 6.33. The average Bonchev–Trinajstić information content (AvgIpc) is 2.90. The molecule has 0 bridgehead atoms. The van der Waals surface area contributed by atoms with Crippen molar-refractivity contribution in [2.75, 3.05) is 32.7 Å². The van der Waals surface area contributed by atoms with Gasteiger partial charge in [-0.3, -0.25) is 0 Å². The van der Waals surface area contributed by atoms with Crippen molar-refractivity contribution in [3.05, 3.63) is 17.0 Å². The summed E-state index contributed by atoms with van der Waals surface area (Å²) in [6.45, 7) is 5.70. The Hall–Kier alpha value is -0.870. The number of nitrogens with one attached hydrogen (secondary N) is 1. The molecular formula is C12H19N3O. The molecule has 2 heterocycles. The topological polar surface area (TPSA) is 41.3 Å². The van der Waals surface area contributed by atoms with Crippen LogP contribution in [0, 0.1) is 0 Å². The molecular weight excluding hydrogens is 202 g/mol. The molecule has 1 N–H and O–H groups in total. The smallest absolute Gasteiger partial charge is 0.140 e. The summed E-state index contributed by atoms with van der Waals surface area (Å²) < 4.78 is 5.37. The fourth-order valence-corrected chi connectivity index (χ4v) is 2.68. The maximum absolute atomic E-state index is 5.37. The number of nitrogens with zero attached hydrogens (tertiary/aromatic N) is 2. The number of hydrogen-bond acceptors (Lipinski definition) is 4. The van der Waals surface area contributed by atoms with Gasteiger partial charge in [0.15, 0.2) is 0 Å². The minimum atomic E-state index is 1.05. The Balaban J connectivity index is 1.57. The molecule has 1 aromatic rings. The molecule has 4 heteroatoms. The molecule has 2 aliphatic rings.